The molecule has 0 aromatic carbocycles. The minimum atomic E-state index is -4.54. The smallest absolute Gasteiger partial charge is 0.372 e. The lowest BCUT2D eigenvalue weighted by Gasteiger charge is -2.41. The molecule has 1 aliphatic heterocycles. The molecule has 0 N–H and O–H groups in total. The molecule has 3 aromatic heterocycles. The second kappa shape index (κ2) is 8.30. The van der Waals surface area contributed by atoms with Crippen LogP contribution in [-0.4, -0.2) is 60.0 Å². The Morgan fingerprint density at radius 3 is 2.47 bits per heavy atom. The Hall–Kier alpha value is -3.35. The van der Waals surface area contributed by atoms with E-state index in [4.69, 9.17) is 4.74 Å². The molecule has 0 atom stereocenters. The van der Waals surface area contributed by atoms with Crippen LogP contribution in [0.4, 0.5) is 18.9 Å². The Balaban J connectivity index is 1.52. The number of aromatic nitrogens is 7. The summed E-state index contributed by atoms with van der Waals surface area (Å²) in [5, 5.41) is 12.1. The molecule has 0 unspecified atom stereocenters. The maximum atomic E-state index is 12.8. The van der Waals surface area contributed by atoms with Gasteiger partial charge in [0.1, 0.15) is 0 Å². The van der Waals surface area contributed by atoms with E-state index in [2.05, 4.69) is 25.4 Å². The molecule has 3 aromatic rings. The number of nitrogens with zero attached hydrogens (tertiary/aromatic N) is 8. The Bertz CT molecular complexity index is 1150. The Morgan fingerprint density at radius 2 is 1.88 bits per heavy atom. The summed E-state index contributed by atoms with van der Waals surface area (Å²) in [6.07, 6.45) is -1.31. The van der Waals surface area contributed by atoms with E-state index in [0.29, 0.717) is 36.9 Å². The van der Waals surface area contributed by atoms with Gasteiger partial charge in [0.25, 0.3) is 5.56 Å². The van der Waals surface area contributed by atoms with E-state index in [9.17, 15) is 18.0 Å². The molecular weight excluding hydrogens is 429 g/mol. The molecule has 1 saturated heterocycles. The van der Waals surface area contributed by atoms with Crippen molar-refractivity contribution in [2.24, 2.45) is 7.05 Å². The van der Waals surface area contributed by atoms with Crippen LogP contribution in [0.3, 0.4) is 0 Å². The predicted octanol–water partition coefficient (Wildman–Crippen LogP) is 1.51. The molecule has 0 radical (unpaired) electrons. The van der Waals surface area contributed by atoms with Crippen LogP contribution >= 0.6 is 0 Å². The van der Waals surface area contributed by atoms with Crippen molar-refractivity contribution < 1.29 is 17.9 Å². The van der Waals surface area contributed by atoms with E-state index in [-0.39, 0.29) is 35.8 Å². The van der Waals surface area contributed by atoms with Crippen LogP contribution < -0.4 is 10.5 Å². The molecule has 13 heteroatoms. The number of alkyl halides is 3. The second-order valence-corrected chi connectivity index (χ2v) is 7.72. The fourth-order valence-electron chi connectivity index (χ4n) is 3.30. The first-order valence-electron chi connectivity index (χ1n) is 9.87. The van der Waals surface area contributed by atoms with Gasteiger partial charge in [-0.2, -0.15) is 18.3 Å². The highest BCUT2D eigenvalue weighted by molar-refractivity contribution is 5.52. The number of ether oxygens (including phenoxy) is 1. The summed E-state index contributed by atoms with van der Waals surface area (Å²) in [7, 11) is 1.60. The molecule has 1 fully saturated rings. The number of hydrogen-bond donors (Lipinski definition) is 0. The lowest BCUT2D eigenvalue weighted by Crippen LogP contribution is -2.53. The highest BCUT2D eigenvalue weighted by Gasteiger charge is 2.32. The monoisotopic (exact) mass is 450 g/mol. The first-order chi connectivity index (χ1) is 15.1. The Kier molecular flexibility index (Phi) is 5.67. The molecule has 1 aliphatic rings. The fourth-order valence-corrected chi connectivity index (χ4v) is 3.30. The molecular formula is C19H21F3N8O2. The zero-order valence-electron chi connectivity index (χ0n) is 17.6. The van der Waals surface area contributed by atoms with E-state index in [1.54, 1.807) is 13.2 Å². The highest BCUT2D eigenvalue weighted by atomic mass is 19.4. The summed E-state index contributed by atoms with van der Waals surface area (Å²) in [5.41, 5.74) is 0.00423. The molecule has 32 heavy (non-hydrogen) atoms. The van der Waals surface area contributed by atoms with Gasteiger partial charge in [0.15, 0.2) is 11.5 Å². The van der Waals surface area contributed by atoms with Crippen molar-refractivity contribution in [3.8, 4) is 11.5 Å². The molecule has 170 valence electrons. The molecule has 4 rings (SSSR count). The van der Waals surface area contributed by atoms with Crippen molar-refractivity contribution in [3.05, 3.63) is 46.3 Å². The predicted molar refractivity (Wildman–Crippen MR) is 107 cm³/mol. The van der Waals surface area contributed by atoms with Crippen molar-refractivity contribution in [3.63, 3.8) is 0 Å². The van der Waals surface area contributed by atoms with E-state index < -0.39 is 11.7 Å². The van der Waals surface area contributed by atoms with Gasteiger partial charge in [0.2, 0.25) is 0 Å². The zero-order chi connectivity index (χ0) is 23.0. The fraction of sp³-hybridized carbons (Fsp3) is 0.474. The van der Waals surface area contributed by atoms with Crippen LogP contribution in [0.15, 0.2) is 29.5 Å². The number of anilines is 1. The van der Waals surface area contributed by atoms with Gasteiger partial charge in [-0.3, -0.25) is 4.79 Å². The third kappa shape index (κ3) is 4.47. The lowest BCUT2D eigenvalue weighted by atomic mass is 10.1. The van der Waals surface area contributed by atoms with Crippen LogP contribution in [-0.2, 0) is 24.5 Å². The molecule has 0 spiro atoms. The molecule has 10 nitrogen and oxygen atoms in total. The summed E-state index contributed by atoms with van der Waals surface area (Å²) < 4.78 is 46.6. The Morgan fingerprint density at radius 1 is 1.19 bits per heavy atom. The Labute approximate surface area is 180 Å². The molecule has 0 saturated carbocycles. The number of hydrogen-bond acceptors (Lipinski definition) is 8. The first-order valence-corrected chi connectivity index (χ1v) is 9.87. The van der Waals surface area contributed by atoms with Gasteiger partial charge in [0, 0.05) is 38.6 Å². The average molecular weight is 450 g/mol. The van der Waals surface area contributed by atoms with Crippen LogP contribution in [0.5, 0.6) is 0 Å². The quantitative estimate of drug-likeness (QED) is 0.557. The minimum Gasteiger partial charge on any atom is -0.372 e. The molecule has 4 heterocycles. The summed E-state index contributed by atoms with van der Waals surface area (Å²) in [5.74, 6) is -0.0254. The van der Waals surface area contributed by atoms with Gasteiger partial charge >= 0.3 is 6.18 Å². The van der Waals surface area contributed by atoms with Crippen LogP contribution in [0.1, 0.15) is 25.1 Å². The average Bonchev–Trinajstić information content (AvgIpc) is 3.05. The lowest BCUT2D eigenvalue weighted by molar-refractivity contribution is -0.138. The summed E-state index contributed by atoms with van der Waals surface area (Å²) in [6, 6.07) is 1.48. The molecule has 0 amide bonds. The SMILES string of the molecule is CC(C)OC1CN(c2cnn(Cc3c(-c4ncc(C(F)(F)F)cn4)nnn3C)c(=O)c2)C1. The van der Waals surface area contributed by atoms with Crippen LogP contribution in [0.2, 0.25) is 0 Å². The minimum absolute atomic E-state index is 0.00140. The van der Waals surface area contributed by atoms with Gasteiger partial charge in [-0.05, 0) is 13.8 Å². The van der Waals surface area contributed by atoms with E-state index >= 15 is 0 Å². The van der Waals surface area contributed by atoms with E-state index in [1.165, 1.54) is 15.4 Å². The molecule has 0 bridgehead atoms. The summed E-state index contributed by atoms with van der Waals surface area (Å²) in [6.45, 7) is 5.32. The van der Waals surface area contributed by atoms with E-state index in [0.717, 1.165) is 0 Å². The first kappa shape index (κ1) is 21.9. The number of aryl methyl sites for hydroxylation is 1. The van der Waals surface area contributed by atoms with Crippen molar-refractivity contribution in [1.82, 2.24) is 34.7 Å². The topological polar surface area (TPSA) is 104 Å². The normalized spacial score (nSPS) is 14.8. The summed E-state index contributed by atoms with van der Waals surface area (Å²) >= 11 is 0. The zero-order valence-corrected chi connectivity index (χ0v) is 17.6. The maximum absolute atomic E-state index is 12.8. The van der Waals surface area contributed by atoms with Crippen molar-refractivity contribution in [2.45, 2.75) is 38.8 Å². The van der Waals surface area contributed by atoms with Gasteiger partial charge in [-0.15, -0.1) is 5.10 Å². The van der Waals surface area contributed by atoms with Crippen molar-refractivity contribution in [2.75, 3.05) is 18.0 Å². The number of rotatable bonds is 6. The third-order valence-electron chi connectivity index (χ3n) is 4.97. The highest BCUT2D eigenvalue weighted by Crippen LogP contribution is 2.29. The van der Waals surface area contributed by atoms with Gasteiger partial charge in [0.05, 0.1) is 41.9 Å². The van der Waals surface area contributed by atoms with Gasteiger partial charge in [-0.25, -0.2) is 19.3 Å². The van der Waals surface area contributed by atoms with Gasteiger partial charge in [-0.1, -0.05) is 5.21 Å². The van der Waals surface area contributed by atoms with Crippen LogP contribution in [0, 0.1) is 0 Å². The van der Waals surface area contributed by atoms with Crippen molar-refractivity contribution in [1.29, 1.82) is 0 Å². The van der Waals surface area contributed by atoms with Crippen LogP contribution in [0.25, 0.3) is 11.5 Å². The largest absolute Gasteiger partial charge is 0.419 e. The summed E-state index contributed by atoms with van der Waals surface area (Å²) in [4.78, 5) is 22.1. The van der Waals surface area contributed by atoms with Gasteiger partial charge < -0.3 is 9.64 Å². The van der Waals surface area contributed by atoms with E-state index in [1.807, 2.05) is 18.7 Å². The molecule has 0 aliphatic carbocycles. The maximum Gasteiger partial charge on any atom is 0.419 e. The third-order valence-corrected chi connectivity index (χ3v) is 4.97. The second-order valence-electron chi connectivity index (χ2n) is 7.72. The standard InChI is InChI=1S/C19H21F3N8O2/c1-11(2)32-14-8-29(9-14)13-4-16(31)30(25-7-13)10-15-17(26-27-28(15)3)18-23-5-12(6-24-18)19(20,21)22/h4-7,11,14H,8-10H2,1-3H3. The number of halogens is 3. The van der Waals surface area contributed by atoms with Crippen molar-refractivity contribution >= 4 is 5.69 Å².